The molecule has 1 aromatic carbocycles. The smallest absolute Gasteiger partial charge is 0.149 e. The quantitative estimate of drug-likeness (QED) is 0.790. The molecule has 0 aliphatic carbocycles. The summed E-state index contributed by atoms with van der Waals surface area (Å²) in [6, 6.07) is 8.69. The molecule has 1 atom stereocenters. The maximum absolute atomic E-state index is 10.9. The number of fused-ring (bicyclic) bond motifs is 5. The van der Waals surface area contributed by atoms with Gasteiger partial charge in [0.15, 0.2) is 0 Å². The van der Waals surface area contributed by atoms with Crippen LogP contribution < -0.4 is 4.90 Å². The third-order valence-corrected chi connectivity index (χ3v) is 4.01. The number of carbonyl (C=O) groups excluding carboxylic acids is 1. The first-order chi connectivity index (χ1) is 9.36. The molecular formula is C16H14N2O. The molecule has 0 radical (unpaired) electrons. The Hall–Kier alpha value is -2.29. The third-order valence-electron chi connectivity index (χ3n) is 4.01. The zero-order valence-corrected chi connectivity index (χ0v) is 10.5. The molecule has 2 aliphatic rings. The zero-order valence-electron chi connectivity index (χ0n) is 10.5. The van der Waals surface area contributed by atoms with Gasteiger partial charge in [0.2, 0.25) is 0 Å². The number of para-hydroxylation sites is 1. The predicted octanol–water partition coefficient (Wildman–Crippen LogP) is 2.94. The molecule has 3 nitrogen and oxygen atoms in total. The summed E-state index contributed by atoms with van der Waals surface area (Å²) in [5, 5.41) is 1.26. The molecule has 0 bridgehead atoms. The normalized spacial score (nSPS) is 20.9. The predicted molar refractivity (Wildman–Crippen MR) is 76.2 cm³/mol. The van der Waals surface area contributed by atoms with Gasteiger partial charge in [-0.25, -0.2) is 0 Å². The van der Waals surface area contributed by atoms with Gasteiger partial charge in [-0.05, 0) is 25.0 Å². The highest BCUT2D eigenvalue weighted by atomic mass is 16.1. The number of allylic oxidation sites excluding steroid dienone is 2. The molecule has 1 aromatic heterocycles. The van der Waals surface area contributed by atoms with Crippen molar-refractivity contribution in [3.8, 4) is 0 Å². The van der Waals surface area contributed by atoms with E-state index in [4.69, 9.17) is 0 Å². The summed E-state index contributed by atoms with van der Waals surface area (Å²) < 4.78 is 0. The van der Waals surface area contributed by atoms with E-state index in [-0.39, 0.29) is 0 Å². The van der Waals surface area contributed by atoms with Gasteiger partial charge in [0.05, 0.1) is 11.7 Å². The van der Waals surface area contributed by atoms with E-state index in [1.807, 2.05) is 12.3 Å². The lowest BCUT2D eigenvalue weighted by Gasteiger charge is -2.35. The first kappa shape index (κ1) is 10.6. The maximum atomic E-state index is 10.9. The largest absolute Gasteiger partial charge is 0.357 e. The average Bonchev–Trinajstić information content (AvgIpc) is 2.85. The number of aromatic amines is 1. The average molecular weight is 250 g/mol. The molecule has 0 fully saturated rings. The van der Waals surface area contributed by atoms with Gasteiger partial charge in [-0.3, -0.25) is 4.79 Å². The van der Waals surface area contributed by atoms with E-state index < -0.39 is 0 Å². The molecule has 0 saturated carbocycles. The minimum Gasteiger partial charge on any atom is -0.357 e. The number of H-pyrrole nitrogens is 1. The van der Waals surface area contributed by atoms with E-state index in [0.717, 1.165) is 24.7 Å². The van der Waals surface area contributed by atoms with Crippen LogP contribution in [0.5, 0.6) is 0 Å². The molecule has 19 heavy (non-hydrogen) atoms. The molecule has 1 unspecified atom stereocenters. The van der Waals surface area contributed by atoms with Crippen LogP contribution in [0.25, 0.3) is 10.9 Å². The number of hydrogen-bond donors (Lipinski definition) is 1. The molecule has 2 aromatic rings. The van der Waals surface area contributed by atoms with E-state index in [1.165, 1.54) is 22.3 Å². The Balaban J connectivity index is 1.90. The standard InChI is InChI=1S/C16H14N2O/c19-10-11-7-8-18-12(9-11)5-6-15-16(18)13-3-1-2-4-14(13)17-15/h1-4,7-10,12,17H,5-6H2. The van der Waals surface area contributed by atoms with Gasteiger partial charge in [0, 0.05) is 28.4 Å². The van der Waals surface area contributed by atoms with E-state index >= 15 is 0 Å². The van der Waals surface area contributed by atoms with Crippen molar-refractivity contribution in [2.75, 3.05) is 4.90 Å². The van der Waals surface area contributed by atoms with Crippen LogP contribution in [0.3, 0.4) is 0 Å². The van der Waals surface area contributed by atoms with Crippen LogP contribution in [0.1, 0.15) is 12.1 Å². The molecule has 0 saturated heterocycles. The van der Waals surface area contributed by atoms with Crippen molar-refractivity contribution in [3.63, 3.8) is 0 Å². The van der Waals surface area contributed by atoms with E-state index in [2.05, 4.69) is 40.2 Å². The van der Waals surface area contributed by atoms with Crippen LogP contribution in [-0.2, 0) is 11.2 Å². The fourth-order valence-corrected chi connectivity index (χ4v) is 3.13. The lowest BCUT2D eigenvalue weighted by molar-refractivity contribution is -0.104. The minimum atomic E-state index is 0.303. The van der Waals surface area contributed by atoms with Crippen LogP contribution in [0.15, 0.2) is 48.2 Å². The van der Waals surface area contributed by atoms with Crippen molar-refractivity contribution in [2.24, 2.45) is 0 Å². The number of rotatable bonds is 1. The van der Waals surface area contributed by atoms with Gasteiger partial charge >= 0.3 is 0 Å². The van der Waals surface area contributed by atoms with Crippen LogP contribution in [0.2, 0.25) is 0 Å². The number of benzene rings is 1. The Morgan fingerprint density at radius 1 is 1.32 bits per heavy atom. The third kappa shape index (κ3) is 1.48. The van der Waals surface area contributed by atoms with Gasteiger partial charge in [0.25, 0.3) is 0 Å². The molecular weight excluding hydrogens is 236 g/mol. The number of nitrogens with zero attached hydrogens (tertiary/aromatic N) is 1. The van der Waals surface area contributed by atoms with Crippen LogP contribution in [0, 0.1) is 0 Å². The summed E-state index contributed by atoms with van der Waals surface area (Å²) in [6.45, 7) is 0. The number of aldehydes is 1. The summed E-state index contributed by atoms with van der Waals surface area (Å²) in [6.07, 6.45) is 8.99. The van der Waals surface area contributed by atoms with E-state index in [1.54, 1.807) is 0 Å². The monoisotopic (exact) mass is 250 g/mol. The highest BCUT2D eigenvalue weighted by Crippen LogP contribution is 2.39. The van der Waals surface area contributed by atoms with Crippen molar-refractivity contribution >= 4 is 22.9 Å². The van der Waals surface area contributed by atoms with Gasteiger partial charge in [-0.2, -0.15) is 0 Å². The van der Waals surface area contributed by atoms with Gasteiger partial charge < -0.3 is 9.88 Å². The summed E-state index contributed by atoms with van der Waals surface area (Å²) in [4.78, 5) is 16.7. The maximum Gasteiger partial charge on any atom is 0.149 e. The van der Waals surface area contributed by atoms with Crippen LogP contribution in [-0.4, -0.2) is 17.3 Å². The van der Waals surface area contributed by atoms with Crippen molar-refractivity contribution in [2.45, 2.75) is 18.9 Å². The van der Waals surface area contributed by atoms with E-state index in [9.17, 15) is 4.79 Å². The lowest BCUT2D eigenvalue weighted by Crippen LogP contribution is -2.35. The Labute approximate surface area is 111 Å². The van der Waals surface area contributed by atoms with Crippen LogP contribution in [0.4, 0.5) is 5.69 Å². The number of aryl methyl sites for hydroxylation is 1. The fourth-order valence-electron chi connectivity index (χ4n) is 3.13. The first-order valence-corrected chi connectivity index (χ1v) is 6.60. The minimum absolute atomic E-state index is 0.303. The number of hydrogen-bond acceptors (Lipinski definition) is 2. The summed E-state index contributed by atoms with van der Waals surface area (Å²) in [5.74, 6) is 0. The molecule has 4 rings (SSSR count). The summed E-state index contributed by atoms with van der Waals surface area (Å²) >= 11 is 0. The zero-order chi connectivity index (χ0) is 12.8. The van der Waals surface area contributed by atoms with Crippen molar-refractivity contribution in [1.29, 1.82) is 0 Å². The topological polar surface area (TPSA) is 36.1 Å². The van der Waals surface area contributed by atoms with E-state index in [0.29, 0.717) is 6.04 Å². The van der Waals surface area contributed by atoms with Crippen molar-refractivity contribution in [1.82, 2.24) is 4.98 Å². The lowest BCUT2D eigenvalue weighted by atomic mass is 9.96. The van der Waals surface area contributed by atoms with Crippen LogP contribution >= 0.6 is 0 Å². The molecule has 0 amide bonds. The second-order valence-corrected chi connectivity index (χ2v) is 5.11. The number of nitrogens with one attached hydrogen (secondary N) is 1. The summed E-state index contributed by atoms with van der Waals surface area (Å²) in [7, 11) is 0. The molecule has 2 aliphatic heterocycles. The SMILES string of the molecule is O=CC1=CC2CCc3[nH]c4ccccc4c3N2C=C1. The molecule has 0 spiro atoms. The molecule has 1 N–H and O–H groups in total. The van der Waals surface area contributed by atoms with Gasteiger partial charge in [-0.1, -0.05) is 24.3 Å². The number of carbonyl (C=O) groups is 1. The van der Waals surface area contributed by atoms with Gasteiger partial charge in [0.1, 0.15) is 6.29 Å². The second-order valence-electron chi connectivity index (χ2n) is 5.11. The summed E-state index contributed by atoms with van der Waals surface area (Å²) in [5.41, 5.74) is 4.53. The van der Waals surface area contributed by atoms with Gasteiger partial charge in [-0.15, -0.1) is 0 Å². The first-order valence-electron chi connectivity index (χ1n) is 6.60. The fraction of sp³-hybridized carbons (Fsp3) is 0.188. The Bertz CT molecular complexity index is 723. The van der Waals surface area contributed by atoms with Crippen molar-refractivity contribution in [3.05, 3.63) is 53.9 Å². The number of anilines is 1. The highest BCUT2D eigenvalue weighted by Gasteiger charge is 2.28. The molecule has 3 heteroatoms. The highest BCUT2D eigenvalue weighted by molar-refractivity contribution is 5.96. The van der Waals surface area contributed by atoms with Crippen molar-refractivity contribution < 1.29 is 4.79 Å². The Morgan fingerprint density at radius 3 is 3.11 bits per heavy atom. The number of aromatic nitrogens is 1. The molecule has 3 heterocycles. The Morgan fingerprint density at radius 2 is 2.21 bits per heavy atom. The molecule has 94 valence electrons. The Kier molecular flexibility index (Phi) is 2.15. The second kappa shape index (κ2) is 3.85.